The third-order valence-corrected chi connectivity index (χ3v) is 2.26. The fourth-order valence-corrected chi connectivity index (χ4v) is 1.68. The highest BCUT2D eigenvalue weighted by atomic mass is 35.5. The lowest BCUT2D eigenvalue weighted by Gasteiger charge is -1.85. The summed E-state index contributed by atoms with van der Waals surface area (Å²) in [6.45, 7) is 0. The smallest absolute Gasteiger partial charge is 0.337 e. The van der Waals surface area contributed by atoms with Crippen LogP contribution in [0.3, 0.4) is 0 Å². The Hall–Kier alpha value is -0.870. The van der Waals surface area contributed by atoms with Crippen molar-refractivity contribution >= 4 is 35.2 Å². The Bertz CT molecular complexity index is 305. The number of carboxylic acids is 1. The maximum absolute atomic E-state index is 10.4. The number of hydrogen-bond donors (Lipinski definition) is 1. The summed E-state index contributed by atoms with van der Waals surface area (Å²) in [5.74, 6) is -1.13. The maximum Gasteiger partial charge on any atom is 0.337 e. The van der Waals surface area contributed by atoms with E-state index in [4.69, 9.17) is 16.7 Å². The van der Waals surface area contributed by atoms with E-state index >= 15 is 0 Å². The molecule has 0 aliphatic rings. The second kappa shape index (κ2) is 3.02. The molecule has 0 aliphatic carbocycles. The summed E-state index contributed by atoms with van der Waals surface area (Å²) in [7, 11) is 0. The molecule has 0 unspecified atom stereocenters. The summed E-state index contributed by atoms with van der Waals surface area (Å²) in [6.07, 6.45) is 0.486. The molecule has 1 heterocycles. The Morgan fingerprint density at radius 2 is 2.36 bits per heavy atom. The molecule has 1 N–H and O–H groups in total. The quantitative estimate of drug-likeness (QED) is 0.725. The van der Waals surface area contributed by atoms with Crippen molar-refractivity contribution in [3.8, 4) is 0 Å². The van der Waals surface area contributed by atoms with Crippen LogP contribution in [0.15, 0.2) is 6.07 Å². The topological polar surface area (TPSA) is 54.4 Å². The Labute approximate surface area is 71.2 Å². The second-order valence-electron chi connectivity index (χ2n) is 1.75. The second-order valence-corrected chi connectivity index (χ2v) is 3.47. The Morgan fingerprint density at radius 1 is 1.73 bits per heavy atom. The Morgan fingerprint density at radius 3 is 2.73 bits per heavy atom. The summed E-state index contributed by atoms with van der Waals surface area (Å²) >= 11 is 6.44. The molecule has 0 atom stereocenters. The van der Waals surface area contributed by atoms with E-state index < -0.39 is 5.97 Å². The third-order valence-electron chi connectivity index (χ3n) is 1.07. The van der Waals surface area contributed by atoms with Gasteiger partial charge in [0.15, 0.2) is 6.29 Å². The van der Waals surface area contributed by atoms with E-state index in [2.05, 4.69) is 0 Å². The standard InChI is InChI=1S/C6H3ClO3S/c7-5-1-3(6(9)10)4(2-8)11-5/h1-2H,(H,9,10). The van der Waals surface area contributed by atoms with Crippen LogP contribution in [0.1, 0.15) is 20.0 Å². The molecule has 0 amide bonds. The van der Waals surface area contributed by atoms with E-state index in [0.29, 0.717) is 10.6 Å². The van der Waals surface area contributed by atoms with Gasteiger partial charge in [0.25, 0.3) is 0 Å². The van der Waals surface area contributed by atoms with Gasteiger partial charge in [0, 0.05) is 0 Å². The molecule has 58 valence electrons. The van der Waals surface area contributed by atoms with Crippen LogP contribution in [-0.2, 0) is 0 Å². The zero-order valence-corrected chi connectivity index (χ0v) is 6.78. The number of rotatable bonds is 2. The lowest BCUT2D eigenvalue weighted by atomic mass is 10.3. The zero-order valence-electron chi connectivity index (χ0n) is 5.20. The molecule has 0 saturated carbocycles. The van der Waals surface area contributed by atoms with Crippen LogP contribution in [0.25, 0.3) is 0 Å². The van der Waals surface area contributed by atoms with Gasteiger partial charge in [0.2, 0.25) is 0 Å². The van der Waals surface area contributed by atoms with Crippen molar-refractivity contribution in [2.24, 2.45) is 0 Å². The molecule has 5 heteroatoms. The SMILES string of the molecule is O=Cc1sc(Cl)cc1C(=O)O. The maximum atomic E-state index is 10.4. The fourth-order valence-electron chi connectivity index (χ4n) is 0.629. The molecule has 0 aromatic carbocycles. The van der Waals surface area contributed by atoms with Crippen LogP contribution in [0.2, 0.25) is 4.34 Å². The minimum atomic E-state index is -1.13. The van der Waals surface area contributed by atoms with E-state index in [1.807, 2.05) is 0 Å². The first-order chi connectivity index (χ1) is 5.15. The number of carboxylic acid groups (broad SMARTS) is 1. The lowest BCUT2D eigenvalue weighted by molar-refractivity contribution is 0.0695. The molecule has 0 spiro atoms. The summed E-state index contributed by atoms with van der Waals surface area (Å²) in [5.41, 5.74) is -0.0324. The number of aromatic carboxylic acids is 1. The van der Waals surface area contributed by atoms with Crippen LogP contribution in [-0.4, -0.2) is 17.4 Å². The number of hydrogen-bond acceptors (Lipinski definition) is 3. The molecule has 1 rings (SSSR count). The van der Waals surface area contributed by atoms with Crippen LogP contribution >= 0.6 is 22.9 Å². The molecule has 0 saturated heterocycles. The van der Waals surface area contributed by atoms with E-state index in [1.54, 1.807) is 0 Å². The van der Waals surface area contributed by atoms with Crippen molar-refractivity contribution in [1.82, 2.24) is 0 Å². The van der Waals surface area contributed by atoms with Crippen LogP contribution < -0.4 is 0 Å². The van der Waals surface area contributed by atoms with Gasteiger partial charge in [0.1, 0.15) is 0 Å². The summed E-state index contributed by atoms with van der Waals surface area (Å²) in [4.78, 5) is 20.8. The summed E-state index contributed by atoms with van der Waals surface area (Å²) in [6, 6.07) is 1.26. The summed E-state index contributed by atoms with van der Waals surface area (Å²) in [5, 5.41) is 8.50. The molecule has 0 radical (unpaired) electrons. The van der Waals surface area contributed by atoms with E-state index in [9.17, 15) is 9.59 Å². The number of thiophene rings is 1. The van der Waals surface area contributed by atoms with Gasteiger partial charge in [-0.05, 0) is 6.07 Å². The van der Waals surface area contributed by atoms with Crippen molar-refractivity contribution in [2.75, 3.05) is 0 Å². The highest BCUT2D eigenvalue weighted by Gasteiger charge is 2.12. The third kappa shape index (κ3) is 1.58. The minimum absolute atomic E-state index is 0.0324. The van der Waals surface area contributed by atoms with E-state index in [0.717, 1.165) is 11.3 Å². The van der Waals surface area contributed by atoms with Crippen LogP contribution in [0.5, 0.6) is 0 Å². The van der Waals surface area contributed by atoms with Crippen molar-refractivity contribution in [3.05, 3.63) is 20.8 Å². The monoisotopic (exact) mass is 190 g/mol. The van der Waals surface area contributed by atoms with E-state index in [1.165, 1.54) is 6.07 Å². The molecule has 0 aliphatic heterocycles. The highest BCUT2D eigenvalue weighted by molar-refractivity contribution is 7.18. The largest absolute Gasteiger partial charge is 0.478 e. The molecule has 3 nitrogen and oxygen atoms in total. The number of aldehydes is 1. The van der Waals surface area contributed by atoms with E-state index in [-0.39, 0.29) is 10.4 Å². The molecule has 0 fully saturated rings. The van der Waals surface area contributed by atoms with Crippen LogP contribution in [0, 0.1) is 0 Å². The molecule has 1 aromatic heterocycles. The Balaban J connectivity index is 3.22. The van der Waals surface area contributed by atoms with Gasteiger partial charge < -0.3 is 5.11 Å². The first kappa shape index (κ1) is 8.23. The van der Waals surface area contributed by atoms with Crippen molar-refractivity contribution < 1.29 is 14.7 Å². The van der Waals surface area contributed by atoms with Crippen molar-refractivity contribution in [1.29, 1.82) is 0 Å². The lowest BCUT2D eigenvalue weighted by Crippen LogP contribution is -1.96. The zero-order chi connectivity index (χ0) is 8.43. The van der Waals surface area contributed by atoms with Crippen LogP contribution in [0.4, 0.5) is 0 Å². The number of carbonyl (C=O) groups excluding carboxylic acids is 1. The number of carbonyl (C=O) groups is 2. The average Bonchev–Trinajstić information content (AvgIpc) is 2.30. The van der Waals surface area contributed by atoms with Gasteiger partial charge in [-0.2, -0.15) is 0 Å². The molecule has 11 heavy (non-hydrogen) atoms. The van der Waals surface area contributed by atoms with Crippen molar-refractivity contribution in [3.63, 3.8) is 0 Å². The first-order valence-electron chi connectivity index (χ1n) is 2.63. The number of halogens is 1. The molecular formula is C6H3ClO3S. The predicted molar refractivity (Wildman–Crippen MR) is 41.7 cm³/mol. The van der Waals surface area contributed by atoms with Gasteiger partial charge in [-0.1, -0.05) is 11.6 Å². The predicted octanol–water partition coefficient (Wildman–Crippen LogP) is 1.91. The Kier molecular flexibility index (Phi) is 2.26. The molecular weight excluding hydrogens is 188 g/mol. The fraction of sp³-hybridized carbons (Fsp3) is 0. The highest BCUT2D eigenvalue weighted by Crippen LogP contribution is 2.24. The molecule has 1 aromatic rings. The minimum Gasteiger partial charge on any atom is -0.478 e. The van der Waals surface area contributed by atoms with Gasteiger partial charge in [0.05, 0.1) is 14.8 Å². The van der Waals surface area contributed by atoms with Gasteiger partial charge in [-0.15, -0.1) is 11.3 Å². The molecule has 0 bridgehead atoms. The first-order valence-corrected chi connectivity index (χ1v) is 3.82. The normalized spacial score (nSPS) is 9.55. The average molecular weight is 191 g/mol. The van der Waals surface area contributed by atoms with Crippen molar-refractivity contribution in [2.45, 2.75) is 0 Å². The van der Waals surface area contributed by atoms with Gasteiger partial charge >= 0.3 is 5.97 Å². The summed E-state index contributed by atoms with van der Waals surface area (Å²) < 4.78 is 0.310. The van der Waals surface area contributed by atoms with Gasteiger partial charge in [-0.25, -0.2) is 4.79 Å². The van der Waals surface area contributed by atoms with Gasteiger partial charge in [-0.3, -0.25) is 4.79 Å².